The van der Waals surface area contributed by atoms with Gasteiger partial charge in [-0.25, -0.2) is 4.79 Å². The van der Waals surface area contributed by atoms with E-state index in [1.807, 2.05) is 13.0 Å². The molecule has 2 rings (SSSR count). The van der Waals surface area contributed by atoms with E-state index in [4.69, 9.17) is 0 Å². The van der Waals surface area contributed by atoms with Crippen LogP contribution in [0.15, 0.2) is 10.9 Å². The summed E-state index contributed by atoms with van der Waals surface area (Å²) < 4.78 is 0. The highest BCUT2D eigenvalue weighted by atomic mass is 16.1. The molecule has 15 heavy (non-hydrogen) atoms. The molecule has 82 valence electrons. The number of H-pyrrole nitrogens is 1. The molecule has 0 radical (unpaired) electrons. The Morgan fingerprint density at radius 3 is 3.13 bits per heavy atom. The van der Waals surface area contributed by atoms with Crippen LogP contribution in [-0.2, 0) is 6.42 Å². The van der Waals surface area contributed by atoms with Gasteiger partial charge in [-0.1, -0.05) is 0 Å². The molecule has 1 fully saturated rings. The van der Waals surface area contributed by atoms with Crippen LogP contribution >= 0.6 is 0 Å². The molecule has 0 aromatic carbocycles. The molecule has 1 aliphatic rings. The third-order valence-corrected chi connectivity index (χ3v) is 2.90. The number of nitrogens with one attached hydrogen (secondary N) is 2. The van der Waals surface area contributed by atoms with Crippen molar-refractivity contribution in [1.29, 1.82) is 0 Å². The zero-order valence-electron chi connectivity index (χ0n) is 9.05. The lowest BCUT2D eigenvalue weighted by Gasteiger charge is -2.07. The van der Waals surface area contributed by atoms with Gasteiger partial charge in [0.15, 0.2) is 0 Å². The summed E-state index contributed by atoms with van der Waals surface area (Å²) in [5, 5.41) is 3.34. The van der Waals surface area contributed by atoms with Gasteiger partial charge in [0.25, 0.3) is 0 Å². The Balaban J connectivity index is 1.95. The highest BCUT2D eigenvalue weighted by Gasteiger charge is 2.14. The zero-order chi connectivity index (χ0) is 10.7. The molecule has 1 unspecified atom stereocenters. The Bertz CT molecular complexity index is 380. The standard InChI is InChI=1S/C11H17N3O/c1-8-6-10(14-11(15)13-8)3-2-9-4-5-12-7-9/h6,9,12H,2-5,7H2,1H3,(H,13,14,15). The van der Waals surface area contributed by atoms with Gasteiger partial charge < -0.3 is 10.3 Å². The minimum atomic E-state index is -0.227. The van der Waals surface area contributed by atoms with E-state index in [1.165, 1.54) is 6.42 Å². The molecule has 0 amide bonds. The van der Waals surface area contributed by atoms with Crippen LogP contribution in [0.5, 0.6) is 0 Å². The van der Waals surface area contributed by atoms with Gasteiger partial charge in [0.05, 0.1) is 0 Å². The molecule has 1 aromatic heterocycles. The summed E-state index contributed by atoms with van der Waals surface area (Å²) in [4.78, 5) is 17.8. The lowest BCUT2D eigenvalue weighted by atomic mass is 10.0. The van der Waals surface area contributed by atoms with Gasteiger partial charge in [-0.3, -0.25) is 0 Å². The Morgan fingerprint density at radius 1 is 1.60 bits per heavy atom. The second-order valence-electron chi connectivity index (χ2n) is 4.26. The first-order chi connectivity index (χ1) is 7.24. The molecule has 2 heterocycles. The second kappa shape index (κ2) is 4.57. The van der Waals surface area contributed by atoms with E-state index in [-0.39, 0.29) is 5.69 Å². The predicted molar refractivity (Wildman–Crippen MR) is 58.9 cm³/mol. The van der Waals surface area contributed by atoms with Crippen molar-refractivity contribution in [3.8, 4) is 0 Å². The van der Waals surface area contributed by atoms with Crippen LogP contribution in [0.25, 0.3) is 0 Å². The van der Waals surface area contributed by atoms with Crippen LogP contribution in [0.4, 0.5) is 0 Å². The SMILES string of the molecule is Cc1cc(CCC2CCNC2)nc(=O)[nH]1. The van der Waals surface area contributed by atoms with E-state index < -0.39 is 0 Å². The van der Waals surface area contributed by atoms with Gasteiger partial charge in [0.1, 0.15) is 0 Å². The van der Waals surface area contributed by atoms with Crippen LogP contribution in [0.2, 0.25) is 0 Å². The summed E-state index contributed by atoms with van der Waals surface area (Å²) in [7, 11) is 0. The fraction of sp³-hybridized carbons (Fsp3) is 0.636. The molecule has 1 aromatic rings. The molecule has 1 aliphatic heterocycles. The van der Waals surface area contributed by atoms with Crippen molar-refractivity contribution in [2.45, 2.75) is 26.2 Å². The molecule has 4 heteroatoms. The number of nitrogens with zero attached hydrogens (tertiary/aromatic N) is 1. The third kappa shape index (κ3) is 2.89. The van der Waals surface area contributed by atoms with Crippen molar-refractivity contribution in [3.63, 3.8) is 0 Å². The first-order valence-electron chi connectivity index (χ1n) is 5.51. The van der Waals surface area contributed by atoms with Gasteiger partial charge in [-0.05, 0) is 51.3 Å². The lowest BCUT2D eigenvalue weighted by molar-refractivity contribution is 0.528. The van der Waals surface area contributed by atoms with Gasteiger partial charge in [0.2, 0.25) is 0 Å². The number of aromatic nitrogens is 2. The Labute approximate surface area is 89.1 Å². The topological polar surface area (TPSA) is 57.8 Å². The molecule has 2 N–H and O–H groups in total. The largest absolute Gasteiger partial charge is 0.345 e. The molecule has 0 saturated carbocycles. The van der Waals surface area contributed by atoms with E-state index in [1.54, 1.807) is 0 Å². The third-order valence-electron chi connectivity index (χ3n) is 2.90. The molecular weight excluding hydrogens is 190 g/mol. The van der Waals surface area contributed by atoms with Crippen molar-refractivity contribution in [2.24, 2.45) is 5.92 Å². The minimum Gasteiger partial charge on any atom is -0.316 e. The first kappa shape index (κ1) is 10.4. The van der Waals surface area contributed by atoms with Gasteiger partial charge in [-0.2, -0.15) is 4.98 Å². The van der Waals surface area contributed by atoms with E-state index in [2.05, 4.69) is 15.3 Å². The summed E-state index contributed by atoms with van der Waals surface area (Å²) in [6.45, 7) is 4.14. The first-order valence-corrected chi connectivity index (χ1v) is 5.51. The number of aryl methyl sites for hydroxylation is 2. The summed E-state index contributed by atoms with van der Waals surface area (Å²) >= 11 is 0. The maximum absolute atomic E-state index is 11.1. The van der Waals surface area contributed by atoms with Crippen molar-refractivity contribution in [3.05, 3.63) is 27.9 Å². The number of hydrogen-bond donors (Lipinski definition) is 2. The maximum Gasteiger partial charge on any atom is 0.345 e. The molecular formula is C11H17N3O. The second-order valence-corrected chi connectivity index (χ2v) is 4.26. The van der Waals surface area contributed by atoms with E-state index in [0.717, 1.165) is 43.2 Å². The Kier molecular flexibility index (Phi) is 3.16. The molecule has 1 saturated heterocycles. The zero-order valence-corrected chi connectivity index (χ0v) is 9.05. The summed E-state index contributed by atoms with van der Waals surface area (Å²) in [5.41, 5.74) is 1.59. The lowest BCUT2D eigenvalue weighted by Crippen LogP contribution is -2.15. The summed E-state index contributed by atoms with van der Waals surface area (Å²) in [6, 6.07) is 1.96. The highest BCUT2D eigenvalue weighted by Crippen LogP contribution is 2.14. The monoisotopic (exact) mass is 207 g/mol. The van der Waals surface area contributed by atoms with Gasteiger partial charge in [0, 0.05) is 11.4 Å². The minimum absolute atomic E-state index is 0.227. The van der Waals surface area contributed by atoms with Crippen molar-refractivity contribution >= 4 is 0 Å². The van der Waals surface area contributed by atoms with Crippen LogP contribution in [0.3, 0.4) is 0 Å². The smallest absolute Gasteiger partial charge is 0.316 e. The quantitative estimate of drug-likeness (QED) is 0.764. The number of hydrogen-bond acceptors (Lipinski definition) is 3. The van der Waals surface area contributed by atoms with Crippen molar-refractivity contribution in [2.75, 3.05) is 13.1 Å². The average Bonchev–Trinajstić information content (AvgIpc) is 2.65. The van der Waals surface area contributed by atoms with Gasteiger partial charge in [-0.15, -0.1) is 0 Å². The number of rotatable bonds is 3. The Hall–Kier alpha value is -1.16. The van der Waals surface area contributed by atoms with Gasteiger partial charge >= 0.3 is 5.69 Å². The fourth-order valence-corrected chi connectivity index (χ4v) is 2.09. The molecule has 4 nitrogen and oxygen atoms in total. The maximum atomic E-state index is 11.1. The van der Waals surface area contributed by atoms with E-state index in [0.29, 0.717) is 0 Å². The molecule has 0 bridgehead atoms. The van der Waals surface area contributed by atoms with Crippen LogP contribution in [0, 0.1) is 12.8 Å². The number of aromatic amines is 1. The normalized spacial score (nSPS) is 20.7. The van der Waals surface area contributed by atoms with Crippen LogP contribution in [-0.4, -0.2) is 23.1 Å². The van der Waals surface area contributed by atoms with Crippen LogP contribution < -0.4 is 11.0 Å². The van der Waals surface area contributed by atoms with E-state index in [9.17, 15) is 4.79 Å². The molecule has 0 spiro atoms. The highest BCUT2D eigenvalue weighted by molar-refractivity contribution is 5.06. The predicted octanol–water partition coefficient (Wildman–Crippen LogP) is 0.620. The average molecular weight is 207 g/mol. The molecule has 1 atom stereocenters. The Morgan fingerprint density at radius 2 is 2.47 bits per heavy atom. The van der Waals surface area contributed by atoms with Crippen molar-refractivity contribution in [1.82, 2.24) is 15.3 Å². The van der Waals surface area contributed by atoms with E-state index >= 15 is 0 Å². The van der Waals surface area contributed by atoms with Crippen molar-refractivity contribution < 1.29 is 0 Å². The molecule has 0 aliphatic carbocycles. The van der Waals surface area contributed by atoms with Crippen LogP contribution in [0.1, 0.15) is 24.2 Å². The fourth-order valence-electron chi connectivity index (χ4n) is 2.09. The summed E-state index contributed by atoms with van der Waals surface area (Å²) in [5.74, 6) is 0.756. The summed E-state index contributed by atoms with van der Waals surface area (Å²) in [6.07, 6.45) is 3.29.